The van der Waals surface area contributed by atoms with Crippen LogP contribution in [0.15, 0.2) is 53.6 Å². The number of ketones is 1. The maximum Gasteiger partial charge on any atom is 0.231 e. The van der Waals surface area contributed by atoms with E-state index >= 15 is 0 Å². The summed E-state index contributed by atoms with van der Waals surface area (Å²) in [6.45, 7) is 3.26. The number of ether oxygens (including phenoxy) is 3. The molecule has 2 aromatic carbocycles. The molecule has 2 aromatic rings. The van der Waals surface area contributed by atoms with Crippen molar-refractivity contribution in [2.24, 2.45) is 0 Å². The van der Waals surface area contributed by atoms with E-state index in [1.165, 1.54) is 32.1 Å². The molecule has 0 spiro atoms. The molecule has 174 valence electrons. The smallest absolute Gasteiger partial charge is 0.231 e. The Hall–Kier alpha value is -3.01. The van der Waals surface area contributed by atoms with Gasteiger partial charge in [-0.25, -0.2) is 0 Å². The van der Waals surface area contributed by atoms with Gasteiger partial charge < -0.3 is 14.2 Å². The summed E-state index contributed by atoms with van der Waals surface area (Å²) in [6.07, 6.45) is 14.2. The molecule has 0 amide bonds. The number of hydrogen-bond donors (Lipinski definition) is 0. The molecule has 0 atom stereocenters. The van der Waals surface area contributed by atoms with Crippen molar-refractivity contribution >= 4 is 17.9 Å². The molecule has 0 aromatic heterocycles. The van der Waals surface area contributed by atoms with Gasteiger partial charge >= 0.3 is 0 Å². The van der Waals surface area contributed by atoms with Crippen molar-refractivity contribution in [1.29, 1.82) is 0 Å². The molecule has 4 nitrogen and oxygen atoms in total. The Morgan fingerprint density at radius 2 is 1.48 bits per heavy atom. The highest BCUT2D eigenvalue weighted by atomic mass is 16.7. The van der Waals surface area contributed by atoms with Crippen molar-refractivity contribution in [3.8, 4) is 17.2 Å². The SMILES string of the molecule is CCCCCCCCOc1ccc(/C=C2/CCC/C(=C/c3ccc4c(c3)OCO4)C2=O)cc1. The molecule has 0 unspecified atom stereocenters. The van der Waals surface area contributed by atoms with E-state index in [-0.39, 0.29) is 12.6 Å². The summed E-state index contributed by atoms with van der Waals surface area (Å²) in [7, 11) is 0. The van der Waals surface area contributed by atoms with Gasteiger partial charge in [0.05, 0.1) is 6.61 Å². The summed E-state index contributed by atoms with van der Waals surface area (Å²) in [5.74, 6) is 2.53. The largest absolute Gasteiger partial charge is 0.494 e. The monoisotopic (exact) mass is 446 g/mol. The Morgan fingerprint density at radius 1 is 0.818 bits per heavy atom. The molecule has 4 rings (SSSR count). The van der Waals surface area contributed by atoms with Gasteiger partial charge in [0, 0.05) is 11.1 Å². The van der Waals surface area contributed by atoms with Crippen LogP contribution in [0, 0.1) is 0 Å². The van der Waals surface area contributed by atoms with Crippen LogP contribution in [0.5, 0.6) is 17.2 Å². The van der Waals surface area contributed by atoms with Crippen molar-refractivity contribution in [1.82, 2.24) is 0 Å². The van der Waals surface area contributed by atoms with Crippen LogP contribution in [0.2, 0.25) is 0 Å². The van der Waals surface area contributed by atoms with Gasteiger partial charge in [-0.05, 0) is 73.2 Å². The van der Waals surface area contributed by atoms with Gasteiger partial charge in [-0.15, -0.1) is 0 Å². The predicted molar refractivity (Wildman–Crippen MR) is 133 cm³/mol. The molecule has 0 bridgehead atoms. The van der Waals surface area contributed by atoms with Gasteiger partial charge in [-0.2, -0.15) is 0 Å². The van der Waals surface area contributed by atoms with Crippen molar-refractivity contribution in [2.75, 3.05) is 13.4 Å². The van der Waals surface area contributed by atoms with Gasteiger partial charge in [0.25, 0.3) is 0 Å². The maximum atomic E-state index is 13.1. The van der Waals surface area contributed by atoms with Gasteiger partial charge in [0.2, 0.25) is 6.79 Å². The quantitative estimate of drug-likeness (QED) is 0.282. The van der Waals surface area contributed by atoms with E-state index in [0.29, 0.717) is 0 Å². The fraction of sp³-hybridized carbons (Fsp3) is 0.414. The zero-order chi connectivity index (χ0) is 22.9. The molecular weight excluding hydrogens is 412 g/mol. The van der Waals surface area contributed by atoms with Gasteiger partial charge in [-0.1, -0.05) is 57.2 Å². The Balaban J connectivity index is 1.33. The van der Waals surface area contributed by atoms with Crippen LogP contribution in [0.1, 0.15) is 75.8 Å². The van der Waals surface area contributed by atoms with Crippen LogP contribution in [0.25, 0.3) is 12.2 Å². The van der Waals surface area contributed by atoms with E-state index in [1.54, 1.807) is 0 Å². The summed E-state index contributed by atoms with van der Waals surface area (Å²) in [4.78, 5) is 13.1. The summed E-state index contributed by atoms with van der Waals surface area (Å²) in [5.41, 5.74) is 3.73. The van der Waals surface area contributed by atoms with Crippen LogP contribution >= 0.6 is 0 Å². The Morgan fingerprint density at radius 3 is 2.27 bits per heavy atom. The number of unbranched alkanes of at least 4 members (excludes halogenated alkanes) is 5. The zero-order valence-corrected chi connectivity index (χ0v) is 19.6. The lowest BCUT2D eigenvalue weighted by molar-refractivity contribution is -0.112. The average Bonchev–Trinajstić information content (AvgIpc) is 3.30. The average molecular weight is 447 g/mol. The second-order valence-electron chi connectivity index (χ2n) is 8.82. The minimum absolute atomic E-state index is 0.141. The molecule has 0 saturated heterocycles. The molecule has 1 fully saturated rings. The first-order valence-corrected chi connectivity index (χ1v) is 12.3. The summed E-state index contributed by atoms with van der Waals surface area (Å²) in [5, 5.41) is 0. The molecule has 1 heterocycles. The first-order valence-electron chi connectivity index (χ1n) is 12.3. The molecule has 0 N–H and O–H groups in total. The third kappa shape index (κ3) is 6.50. The fourth-order valence-corrected chi connectivity index (χ4v) is 4.32. The molecule has 1 aliphatic carbocycles. The summed E-state index contributed by atoms with van der Waals surface area (Å²) in [6, 6.07) is 13.9. The molecule has 1 saturated carbocycles. The van der Waals surface area contributed by atoms with Crippen LogP contribution in [-0.2, 0) is 4.79 Å². The third-order valence-corrected chi connectivity index (χ3v) is 6.20. The van der Waals surface area contributed by atoms with Crippen molar-refractivity contribution in [3.05, 3.63) is 64.7 Å². The number of carbonyl (C=O) groups is 1. The molecule has 1 aliphatic heterocycles. The van der Waals surface area contributed by atoms with E-state index < -0.39 is 0 Å². The van der Waals surface area contributed by atoms with Crippen molar-refractivity contribution in [3.63, 3.8) is 0 Å². The number of Topliss-reactive ketones (excluding diaryl/α,β-unsaturated/α-hetero) is 1. The highest BCUT2D eigenvalue weighted by molar-refractivity contribution is 6.14. The molecular formula is C29H34O4. The highest BCUT2D eigenvalue weighted by Crippen LogP contribution is 2.34. The van der Waals surface area contributed by atoms with Gasteiger partial charge in [0.1, 0.15) is 5.75 Å². The number of allylic oxidation sites excluding steroid dienone is 2. The number of carbonyl (C=O) groups excluding carboxylic acids is 1. The van der Waals surface area contributed by atoms with E-state index in [0.717, 1.165) is 71.8 Å². The first-order chi connectivity index (χ1) is 16.2. The lowest BCUT2D eigenvalue weighted by Gasteiger charge is -2.17. The summed E-state index contributed by atoms with van der Waals surface area (Å²) >= 11 is 0. The normalized spacial score (nSPS) is 17.7. The van der Waals surface area contributed by atoms with Gasteiger partial charge in [0.15, 0.2) is 17.3 Å². The molecule has 33 heavy (non-hydrogen) atoms. The van der Waals surface area contributed by atoms with E-state index in [9.17, 15) is 4.79 Å². The molecule has 2 aliphatic rings. The number of hydrogen-bond acceptors (Lipinski definition) is 4. The predicted octanol–water partition coefficient (Wildman–Crippen LogP) is 7.37. The zero-order valence-electron chi connectivity index (χ0n) is 19.6. The van der Waals surface area contributed by atoms with Crippen molar-refractivity contribution in [2.45, 2.75) is 64.7 Å². The van der Waals surface area contributed by atoms with E-state index in [1.807, 2.05) is 54.6 Å². The Bertz CT molecular complexity index is 1000. The minimum atomic E-state index is 0.141. The van der Waals surface area contributed by atoms with Crippen LogP contribution in [-0.4, -0.2) is 19.2 Å². The van der Waals surface area contributed by atoms with Gasteiger partial charge in [-0.3, -0.25) is 4.79 Å². The van der Waals surface area contributed by atoms with E-state index in [2.05, 4.69) is 6.92 Å². The Labute approximate surface area is 197 Å². The fourth-order valence-electron chi connectivity index (χ4n) is 4.32. The number of rotatable bonds is 10. The lowest BCUT2D eigenvalue weighted by atomic mass is 9.87. The maximum absolute atomic E-state index is 13.1. The van der Waals surface area contributed by atoms with E-state index in [4.69, 9.17) is 14.2 Å². The Kier molecular flexibility index (Phi) is 8.24. The lowest BCUT2D eigenvalue weighted by Crippen LogP contribution is -2.12. The van der Waals surface area contributed by atoms with Crippen LogP contribution in [0.3, 0.4) is 0 Å². The standard InChI is InChI=1S/C29H34O4/c1-2-3-4-5-6-7-17-31-26-14-11-22(12-15-26)18-24-9-8-10-25(29(24)30)19-23-13-16-27-28(20-23)33-21-32-27/h11-16,18-20H,2-10,17,21H2,1H3/b24-18-,25-19-. The summed E-state index contributed by atoms with van der Waals surface area (Å²) < 4.78 is 16.7. The number of benzene rings is 2. The molecule has 4 heteroatoms. The minimum Gasteiger partial charge on any atom is -0.494 e. The van der Waals surface area contributed by atoms with Crippen LogP contribution < -0.4 is 14.2 Å². The highest BCUT2D eigenvalue weighted by Gasteiger charge is 2.21. The second-order valence-corrected chi connectivity index (χ2v) is 8.82. The number of fused-ring (bicyclic) bond motifs is 1. The van der Waals surface area contributed by atoms with Crippen molar-refractivity contribution < 1.29 is 19.0 Å². The molecule has 0 radical (unpaired) electrons. The van der Waals surface area contributed by atoms with Crippen LogP contribution in [0.4, 0.5) is 0 Å². The topological polar surface area (TPSA) is 44.8 Å². The first kappa shape index (κ1) is 23.2. The third-order valence-electron chi connectivity index (χ3n) is 6.20. The second kappa shape index (κ2) is 11.7.